The van der Waals surface area contributed by atoms with Crippen LogP contribution in [0.25, 0.3) is 5.65 Å². The monoisotopic (exact) mass is 247 g/mol. The quantitative estimate of drug-likeness (QED) is 0.880. The van der Waals surface area contributed by atoms with Crippen molar-refractivity contribution in [3.8, 4) is 0 Å². The Balaban J connectivity index is 2.59. The van der Waals surface area contributed by atoms with Crippen molar-refractivity contribution >= 4 is 11.6 Å². The number of nitrogens with zero attached hydrogens (tertiary/aromatic N) is 3. The third kappa shape index (κ3) is 2.20. The summed E-state index contributed by atoms with van der Waals surface area (Å²) in [5.41, 5.74) is 2.28. The third-order valence-electron chi connectivity index (χ3n) is 3.22. The molecule has 0 saturated carbocycles. The first kappa shape index (κ1) is 12.5. The number of hydrogen-bond donors (Lipinski definition) is 1. The zero-order valence-corrected chi connectivity index (χ0v) is 10.6. The van der Waals surface area contributed by atoms with Gasteiger partial charge in [-0.3, -0.25) is 4.79 Å². The van der Waals surface area contributed by atoms with Crippen LogP contribution in [0.2, 0.25) is 0 Å². The first-order chi connectivity index (χ1) is 8.67. The number of aliphatic carboxylic acids is 1. The SMILES string of the molecule is CCC(CC)c1nn2cccnc2c1CC(=O)O. The van der Waals surface area contributed by atoms with E-state index < -0.39 is 5.97 Å². The minimum atomic E-state index is -0.845. The number of aromatic nitrogens is 3. The molecular weight excluding hydrogens is 230 g/mol. The van der Waals surface area contributed by atoms with Gasteiger partial charge in [0.25, 0.3) is 0 Å². The average molecular weight is 247 g/mol. The normalized spacial score (nSPS) is 11.3. The van der Waals surface area contributed by atoms with Crippen molar-refractivity contribution in [2.45, 2.75) is 39.0 Å². The van der Waals surface area contributed by atoms with Gasteiger partial charge in [0.05, 0.1) is 12.1 Å². The van der Waals surface area contributed by atoms with Gasteiger partial charge in [-0.25, -0.2) is 9.50 Å². The maximum atomic E-state index is 11.0. The fraction of sp³-hybridized carbons (Fsp3) is 0.462. The molecule has 1 N–H and O–H groups in total. The molecule has 0 aliphatic carbocycles. The summed E-state index contributed by atoms with van der Waals surface area (Å²) in [6.45, 7) is 4.19. The molecule has 0 aromatic carbocycles. The van der Waals surface area contributed by atoms with Gasteiger partial charge in [-0.05, 0) is 18.9 Å². The highest BCUT2D eigenvalue weighted by molar-refractivity contribution is 5.74. The van der Waals surface area contributed by atoms with Gasteiger partial charge in [0.1, 0.15) is 0 Å². The second kappa shape index (κ2) is 5.16. The Morgan fingerprint density at radius 1 is 1.44 bits per heavy atom. The number of carboxylic acid groups (broad SMARTS) is 1. The molecule has 18 heavy (non-hydrogen) atoms. The number of rotatable bonds is 5. The average Bonchev–Trinajstić information content (AvgIpc) is 2.70. The maximum Gasteiger partial charge on any atom is 0.308 e. The second-order valence-electron chi connectivity index (χ2n) is 4.34. The Bertz CT molecular complexity index is 558. The molecular formula is C13H17N3O2. The molecule has 0 aliphatic heterocycles. The van der Waals surface area contributed by atoms with Crippen LogP contribution in [-0.4, -0.2) is 25.7 Å². The van der Waals surface area contributed by atoms with E-state index in [1.54, 1.807) is 23.0 Å². The van der Waals surface area contributed by atoms with E-state index in [9.17, 15) is 4.79 Å². The molecule has 0 aliphatic rings. The molecule has 0 atom stereocenters. The number of fused-ring (bicyclic) bond motifs is 1. The first-order valence-electron chi connectivity index (χ1n) is 6.21. The van der Waals surface area contributed by atoms with E-state index >= 15 is 0 Å². The lowest BCUT2D eigenvalue weighted by Crippen LogP contribution is -2.06. The van der Waals surface area contributed by atoms with Crippen molar-refractivity contribution in [1.29, 1.82) is 0 Å². The van der Waals surface area contributed by atoms with Crippen LogP contribution < -0.4 is 0 Å². The van der Waals surface area contributed by atoms with Crippen molar-refractivity contribution in [3.63, 3.8) is 0 Å². The highest BCUT2D eigenvalue weighted by Crippen LogP contribution is 2.27. The van der Waals surface area contributed by atoms with E-state index in [4.69, 9.17) is 5.11 Å². The van der Waals surface area contributed by atoms with Crippen molar-refractivity contribution in [2.75, 3.05) is 0 Å². The fourth-order valence-corrected chi connectivity index (χ4v) is 2.28. The Labute approximate surface area is 105 Å². The van der Waals surface area contributed by atoms with Gasteiger partial charge < -0.3 is 5.11 Å². The molecule has 2 heterocycles. The van der Waals surface area contributed by atoms with E-state index in [0.29, 0.717) is 11.6 Å². The number of carbonyl (C=O) groups is 1. The van der Waals surface area contributed by atoms with Crippen LogP contribution in [0.3, 0.4) is 0 Å². The molecule has 5 heteroatoms. The second-order valence-corrected chi connectivity index (χ2v) is 4.34. The lowest BCUT2D eigenvalue weighted by atomic mass is 9.95. The summed E-state index contributed by atoms with van der Waals surface area (Å²) in [5, 5.41) is 13.5. The summed E-state index contributed by atoms with van der Waals surface area (Å²) >= 11 is 0. The topological polar surface area (TPSA) is 67.5 Å². The third-order valence-corrected chi connectivity index (χ3v) is 3.22. The van der Waals surface area contributed by atoms with Gasteiger partial charge in [0.2, 0.25) is 0 Å². The van der Waals surface area contributed by atoms with E-state index in [2.05, 4.69) is 23.9 Å². The standard InChI is InChI=1S/C13H17N3O2/c1-3-9(4-2)12-10(8-11(17)18)13-14-6-5-7-16(13)15-12/h5-7,9H,3-4,8H2,1-2H3,(H,17,18). The van der Waals surface area contributed by atoms with E-state index in [1.165, 1.54) is 0 Å². The highest BCUT2D eigenvalue weighted by Gasteiger charge is 2.21. The van der Waals surface area contributed by atoms with Crippen LogP contribution in [0.1, 0.15) is 43.9 Å². The van der Waals surface area contributed by atoms with Gasteiger partial charge in [0, 0.05) is 23.9 Å². The Morgan fingerprint density at radius 3 is 2.78 bits per heavy atom. The molecule has 0 radical (unpaired) electrons. The maximum absolute atomic E-state index is 11.0. The molecule has 0 bridgehead atoms. The molecule has 2 aromatic rings. The smallest absolute Gasteiger partial charge is 0.308 e. The van der Waals surface area contributed by atoms with Gasteiger partial charge in [-0.15, -0.1) is 0 Å². The Morgan fingerprint density at radius 2 is 2.17 bits per heavy atom. The summed E-state index contributed by atoms with van der Waals surface area (Å²) in [6.07, 6.45) is 5.35. The van der Waals surface area contributed by atoms with E-state index in [-0.39, 0.29) is 6.42 Å². The number of carboxylic acids is 1. The van der Waals surface area contributed by atoms with E-state index in [0.717, 1.165) is 24.1 Å². The van der Waals surface area contributed by atoms with Crippen LogP contribution in [0.5, 0.6) is 0 Å². The Hall–Kier alpha value is -1.91. The number of hydrogen-bond acceptors (Lipinski definition) is 3. The summed E-state index contributed by atoms with van der Waals surface area (Å²) in [6, 6.07) is 1.79. The fourth-order valence-electron chi connectivity index (χ4n) is 2.28. The molecule has 96 valence electrons. The molecule has 0 spiro atoms. The predicted molar refractivity (Wildman–Crippen MR) is 67.6 cm³/mol. The van der Waals surface area contributed by atoms with E-state index in [1.807, 2.05) is 0 Å². The van der Waals surface area contributed by atoms with Crippen molar-refractivity contribution in [3.05, 3.63) is 29.7 Å². The van der Waals surface area contributed by atoms with Crippen molar-refractivity contribution < 1.29 is 9.90 Å². The van der Waals surface area contributed by atoms with Gasteiger partial charge in [0.15, 0.2) is 5.65 Å². The molecule has 0 unspecified atom stereocenters. The zero-order valence-electron chi connectivity index (χ0n) is 10.6. The first-order valence-corrected chi connectivity index (χ1v) is 6.21. The summed E-state index contributed by atoms with van der Waals surface area (Å²) in [4.78, 5) is 15.2. The molecule has 0 saturated heterocycles. The van der Waals surface area contributed by atoms with Gasteiger partial charge >= 0.3 is 5.97 Å². The van der Waals surface area contributed by atoms with Crippen LogP contribution >= 0.6 is 0 Å². The van der Waals surface area contributed by atoms with Crippen LogP contribution in [0.4, 0.5) is 0 Å². The lowest BCUT2D eigenvalue weighted by molar-refractivity contribution is -0.136. The van der Waals surface area contributed by atoms with Crippen LogP contribution in [0, 0.1) is 0 Å². The zero-order chi connectivity index (χ0) is 13.1. The Kier molecular flexibility index (Phi) is 3.60. The molecule has 2 rings (SSSR count). The minimum absolute atomic E-state index is 0.0215. The van der Waals surface area contributed by atoms with Gasteiger partial charge in [-0.1, -0.05) is 13.8 Å². The summed E-state index contributed by atoms with van der Waals surface area (Å²) < 4.78 is 1.67. The summed E-state index contributed by atoms with van der Waals surface area (Å²) in [5.74, 6) is -0.552. The largest absolute Gasteiger partial charge is 0.481 e. The molecule has 2 aromatic heterocycles. The van der Waals surface area contributed by atoms with Gasteiger partial charge in [-0.2, -0.15) is 5.10 Å². The van der Waals surface area contributed by atoms with Crippen molar-refractivity contribution in [2.24, 2.45) is 0 Å². The highest BCUT2D eigenvalue weighted by atomic mass is 16.4. The summed E-state index contributed by atoms with van der Waals surface area (Å²) in [7, 11) is 0. The predicted octanol–water partition coefficient (Wildman–Crippen LogP) is 2.26. The van der Waals surface area contributed by atoms with Crippen molar-refractivity contribution in [1.82, 2.24) is 14.6 Å². The van der Waals surface area contributed by atoms with Crippen LogP contribution in [0.15, 0.2) is 18.5 Å². The lowest BCUT2D eigenvalue weighted by Gasteiger charge is -2.10. The van der Waals surface area contributed by atoms with Crippen LogP contribution in [-0.2, 0) is 11.2 Å². The molecule has 0 amide bonds. The molecule has 0 fully saturated rings. The molecule has 5 nitrogen and oxygen atoms in total. The minimum Gasteiger partial charge on any atom is -0.481 e.